The lowest BCUT2D eigenvalue weighted by molar-refractivity contribution is -0.145. The second-order valence-electron chi connectivity index (χ2n) is 1.47. The predicted molar refractivity (Wildman–Crippen MR) is 40.2 cm³/mol. The van der Waals surface area contributed by atoms with Gasteiger partial charge in [-0.05, 0) is 0 Å². The van der Waals surface area contributed by atoms with E-state index in [9.17, 15) is 9.59 Å². The fourth-order valence-corrected chi connectivity index (χ4v) is 0.311. The molecule has 0 aromatic carbocycles. The minimum Gasteiger partial charge on any atom is -0.481 e. The van der Waals surface area contributed by atoms with Crippen LogP contribution in [0.5, 0.6) is 0 Å². The smallest absolute Gasteiger partial charge is 0.306 e. The Morgan fingerprint density at radius 2 is 1.73 bits per heavy atom. The van der Waals surface area contributed by atoms with Crippen LogP contribution in [0.4, 0.5) is 0 Å². The molecule has 0 fully saturated rings. The summed E-state index contributed by atoms with van der Waals surface area (Å²) in [4.78, 5) is 20.0. The number of carboxylic acids is 1. The third-order valence-corrected chi connectivity index (χ3v) is 0.771. The molecule has 0 aromatic heterocycles. The molecular weight excluding hydrogens is 148 g/mol. The van der Waals surface area contributed by atoms with Crippen LogP contribution in [0.15, 0.2) is 0 Å². The molecule has 0 amide bonds. The summed E-state index contributed by atoms with van der Waals surface area (Å²) in [5.41, 5.74) is 0. The lowest BCUT2D eigenvalue weighted by Gasteiger charge is -1.92. The molecule has 4 heteroatoms. The maximum atomic E-state index is 10.2. The van der Waals surface area contributed by atoms with Crippen molar-refractivity contribution >= 4 is 11.9 Å². The lowest BCUT2D eigenvalue weighted by atomic mass is 10.3. The summed E-state index contributed by atoms with van der Waals surface area (Å²) in [6, 6.07) is 0. The summed E-state index contributed by atoms with van der Waals surface area (Å²) >= 11 is 0. The minimum atomic E-state index is -0.986. The molecule has 0 aliphatic heterocycles. The van der Waals surface area contributed by atoms with Gasteiger partial charge in [-0.1, -0.05) is 13.8 Å². The number of rotatable bonds is 3. The van der Waals surface area contributed by atoms with Gasteiger partial charge in [0.05, 0.1) is 20.0 Å². The van der Waals surface area contributed by atoms with Crippen LogP contribution in [0.3, 0.4) is 0 Å². The standard InChI is InChI=1S/C5H8O4.C2H6/c1-9-5(8)3-2-4(6)7;1-2/h2-3H2,1H3,(H,6,7);1-2H3. The van der Waals surface area contributed by atoms with E-state index in [-0.39, 0.29) is 12.8 Å². The number of esters is 1. The molecule has 1 N–H and O–H groups in total. The molecule has 11 heavy (non-hydrogen) atoms. The number of carbonyl (C=O) groups is 2. The maximum absolute atomic E-state index is 10.2. The van der Waals surface area contributed by atoms with Crippen molar-refractivity contribution in [3.63, 3.8) is 0 Å². The molecule has 0 rings (SSSR count). The predicted octanol–water partition coefficient (Wildman–Crippen LogP) is 1.05. The van der Waals surface area contributed by atoms with E-state index in [1.165, 1.54) is 7.11 Å². The summed E-state index contributed by atoms with van der Waals surface area (Å²) in [7, 11) is 1.23. The monoisotopic (exact) mass is 162 g/mol. The van der Waals surface area contributed by atoms with Gasteiger partial charge in [-0.25, -0.2) is 0 Å². The van der Waals surface area contributed by atoms with E-state index in [0.717, 1.165) is 0 Å². The zero-order valence-corrected chi connectivity index (χ0v) is 7.09. The molecule has 0 atom stereocenters. The molecule has 0 unspecified atom stereocenters. The van der Waals surface area contributed by atoms with Crippen molar-refractivity contribution in [2.45, 2.75) is 26.7 Å². The third kappa shape index (κ3) is 12.2. The molecular formula is C7H14O4. The van der Waals surface area contributed by atoms with Gasteiger partial charge in [0, 0.05) is 0 Å². The van der Waals surface area contributed by atoms with Crippen molar-refractivity contribution in [1.82, 2.24) is 0 Å². The number of methoxy groups -OCH3 is 1. The van der Waals surface area contributed by atoms with Crippen LogP contribution in [-0.4, -0.2) is 24.2 Å². The Labute approximate surface area is 66.2 Å². The minimum absolute atomic E-state index is 0.0498. The van der Waals surface area contributed by atoms with Crippen LogP contribution in [-0.2, 0) is 14.3 Å². The Balaban J connectivity index is 0. The normalized spacial score (nSPS) is 7.55. The topological polar surface area (TPSA) is 63.6 Å². The number of hydrogen-bond acceptors (Lipinski definition) is 3. The molecule has 0 aromatic rings. The molecule has 0 radical (unpaired) electrons. The van der Waals surface area contributed by atoms with Gasteiger partial charge in [-0.15, -0.1) is 0 Å². The van der Waals surface area contributed by atoms with Crippen LogP contribution in [0, 0.1) is 0 Å². The molecule has 0 spiro atoms. The highest BCUT2D eigenvalue weighted by molar-refractivity contribution is 5.76. The second kappa shape index (κ2) is 8.94. The Morgan fingerprint density at radius 1 is 1.27 bits per heavy atom. The molecule has 0 aliphatic rings. The summed E-state index contributed by atoms with van der Waals surface area (Å²) in [6.07, 6.45) is -0.210. The maximum Gasteiger partial charge on any atom is 0.306 e. The van der Waals surface area contributed by atoms with Crippen molar-refractivity contribution in [1.29, 1.82) is 0 Å². The number of hydrogen-bond donors (Lipinski definition) is 1. The van der Waals surface area contributed by atoms with E-state index >= 15 is 0 Å². The van der Waals surface area contributed by atoms with Crippen molar-refractivity contribution in [2.24, 2.45) is 0 Å². The van der Waals surface area contributed by atoms with Crippen molar-refractivity contribution in [2.75, 3.05) is 7.11 Å². The van der Waals surface area contributed by atoms with E-state index in [1.54, 1.807) is 0 Å². The first kappa shape index (κ1) is 12.6. The first-order valence-corrected chi connectivity index (χ1v) is 3.45. The van der Waals surface area contributed by atoms with Crippen LogP contribution < -0.4 is 0 Å². The Morgan fingerprint density at radius 3 is 2.00 bits per heavy atom. The highest BCUT2D eigenvalue weighted by Crippen LogP contribution is 1.89. The van der Waals surface area contributed by atoms with Crippen molar-refractivity contribution < 1.29 is 19.4 Å². The lowest BCUT2D eigenvalue weighted by Crippen LogP contribution is -2.04. The third-order valence-electron chi connectivity index (χ3n) is 0.771. The van der Waals surface area contributed by atoms with Gasteiger partial charge in [-0.3, -0.25) is 9.59 Å². The summed E-state index contributed by atoms with van der Waals surface area (Å²) in [6.45, 7) is 4.00. The second-order valence-corrected chi connectivity index (χ2v) is 1.47. The van der Waals surface area contributed by atoms with Crippen LogP contribution in [0.2, 0.25) is 0 Å². The summed E-state index contributed by atoms with van der Waals surface area (Å²) in [5, 5.41) is 8.05. The molecule has 0 saturated heterocycles. The number of aliphatic carboxylic acids is 1. The van der Waals surface area contributed by atoms with Gasteiger partial charge >= 0.3 is 11.9 Å². The summed E-state index contributed by atoms with van der Waals surface area (Å²) in [5.74, 6) is -1.47. The van der Waals surface area contributed by atoms with Gasteiger partial charge in [0.25, 0.3) is 0 Å². The van der Waals surface area contributed by atoms with Crippen LogP contribution in [0.25, 0.3) is 0 Å². The van der Waals surface area contributed by atoms with Crippen LogP contribution in [0.1, 0.15) is 26.7 Å². The fraction of sp³-hybridized carbons (Fsp3) is 0.714. The Kier molecular flexibility index (Phi) is 10.2. The van der Waals surface area contributed by atoms with Crippen molar-refractivity contribution in [3.8, 4) is 0 Å². The SMILES string of the molecule is CC.COC(=O)CCC(=O)O. The molecule has 0 aliphatic carbocycles. The highest BCUT2D eigenvalue weighted by Gasteiger charge is 2.02. The van der Waals surface area contributed by atoms with Crippen LogP contribution >= 0.6 is 0 Å². The zero-order valence-electron chi connectivity index (χ0n) is 7.09. The fourth-order valence-electron chi connectivity index (χ4n) is 0.311. The molecule has 0 saturated carbocycles. The van der Waals surface area contributed by atoms with Crippen molar-refractivity contribution in [3.05, 3.63) is 0 Å². The van der Waals surface area contributed by atoms with E-state index < -0.39 is 11.9 Å². The van der Waals surface area contributed by atoms with Gasteiger partial charge in [0.1, 0.15) is 0 Å². The first-order chi connectivity index (χ1) is 5.16. The summed E-state index contributed by atoms with van der Waals surface area (Å²) < 4.78 is 4.20. The molecule has 4 nitrogen and oxygen atoms in total. The van der Waals surface area contributed by atoms with E-state index in [4.69, 9.17) is 5.11 Å². The average Bonchev–Trinajstić information content (AvgIpc) is 2.04. The quantitative estimate of drug-likeness (QED) is 0.630. The highest BCUT2D eigenvalue weighted by atomic mass is 16.5. The molecule has 0 bridgehead atoms. The number of carboxylic acid groups (broad SMARTS) is 1. The van der Waals surface area contributed by atoms with E-state index in [2.05, 4.69) is 4.74 Å². The Bertz CT molecular complexity index is 120. The van der Waals surface area contributed by atoms with E-state index in [1.807, 2.05) is 13.8 Å². The first-order valence-electron chi connectivity index (χ1n) is 3.45. The van der Waals surface area contributed by atoms with Gasteiger partial charge in [-0.2, -0.15) is 0 Å². The van der Waals surface area contributed by atoms with Gasteiger partial charge < -0.3 is 9.84 Å². The molecule has 0 heterocycles. The Hall–Kier alpha value is -1.06. The van der Waals surface area contributed by atoms with Gasteiger partial charge in [0.15, 0.2) is 0 Å². The number of ether oxygens (including phenoxy) is 1. The average molecular weight is 162 g/mol. The van der Waals surface area contributed by atoms with Gasteiger partial charge in [0.2, 0.25) is 0 Å². The number of carbonyl (C=O) groups excluding carboxylic acids is 1. The zero-order chi connectivity index (χ0) is 9.28. The largest absolute Gasteiger partial charge is 0.481 e. The van der Waals surface area contributed by atoms with E-state index in [0.29, 0.717) is 0 Å². The molecule has 66 valence electrons.